The van der Waals surface area contributed by atoms with Crippen LogP contribution in [0.2, 0.25) is 0 Å². The average Bonchev–Trinajstić information content (AvgIpc) is 2.87. The van der Waals surface area contributed by atoms with Crippen molar-refractivity contribution in [2.24, 2.45) is 0 Å². The van der Waals surface area contributed by atoms with Crippen LogP contribution in [0.5, 0.6) is 0 Å². The summed E-state index contributed by atoms with van der Waals surface area (Å²) in [5.74, 6) is -4.56. The van der Waals surface area contributed by atoms with Crippen molar-refractivity contribution < 1.29 is 40.4 Å². The number of alkyl halides is 3. The zero-order valence-corrected chi connectivity index (χ0v) is 20.1. The molecule has 1 aliphatic heterocycles. The highest BCUT2D eigenvalue weighted by atomic mass is 32.2. The van der Waals surface area contributed by atoms with Gasteiger partial charge in [0, 0.05) is 35.6 Å². The molecule has 200 valence electrons. The number of anilines is 1. The predicted molar refractivity (Wildman–Crippen MR) is 124 cm³/mol. The first-order chi connectivity index (χ1) is 17.9. The van der Waals surface area contributed by atoms with Gasteiger partial charge in [0.25, 0.3) is 10.0 Å². The molecule has 1 aromatic heterocycles. The van der Waals surface area contributed by atoms with Crippen molar-refractivity contribution >= 4 is 27.8 Å². The van der Waals surface area contributed by atoms with E-state index >= 15 is 4.39 Å². The van der Waals surface area contributed by atoms with Crippen molar-refractivity contribution in [2.75, 3.05) is 12.3 Å². The van der Waals surface area contributed by atoms with E-state index in [2.05, 4.69) is 20.1 Å². The number of aromatic nitrogens is 2. The van der Waals surface area contributed by atoms with Crippen LogP contribution >= 0.6 is 0 Å². The van der Waals surface area contributed by atoms with Crippen LogP contribution in [0.25, 0.3) is 22.3 Å². The van der Waals surface area contributed by atoms with Gasteiger partial charge in [-0.2, -0.15) is 13.2 Å². The van der Waals surface area contributed by atoms with Crippen molar-refractivity contribution in [1.29, 1.82) is 0 Å². The molecule has 38 heavy (non-hydrogen) atoms. The summed E-state index contributed by atoms with van der Waals surface area (Å²) in [5, 5.41) is 2.34. The Balaban J connectivity index is 1.79. The Morgan fingerprint density at radius 1 is 1.08 bits per heavy atom. The maximum absolute atomic E-state index is 15.1. The Hall–Kier alpha value is -4.11. The molecule has 3 aromatic rings. The standard InChI is InChI=1S/C23H19F4N5O5S/c24-17-10-13(7-8-15(17)14-11-30-22(28)31-12-14)16-4-1-2-6-19(16)38(35,36)32(37-21(34)23(25,26)27)18-5-3-9-29-20(18)33/h1-2,4,6-8,10-12,18H,3,5,9H2,(H,29,33)(H2,28,30,31)/t18-/m1/s1. The number of sulfonamides is 1. The van der Waals surface area contributed by atoms with Crippen molar-refractivity contribution in [3.05, 3.63) is 60.7 Å². The van der Waals surface area contributed by atoms with Crippen LogP contribution in [0.1, 0.15) is 12.8 Å². The molecular formula is C23H19F4N5O5S. The largest absolute Gasteiger partial charge is 0.492 e. The lowest BCUT2D eigenvalue weighted by Gasteiger charge is -2.31. The number of carbonyl (C=O) groups excluding carboxylic acids is 2. The first kappa shape index (κ1) is 26.9. The quantitative estimate of drug-likeness (QED) is 0.350. The molecule has 0 bridgehead atoms. The lowest BCUT2D eigenvalue weighted by Crippen LogP contribution is -2.54. The second-order valence-electron chi connectivity index (χ2n) is 8.11. The third-order valence-electron chi connectivity index (χ3n) is 5.58. The number of halogens is 4. The van der Waals surface area contributed by atoms with Crippen molar-refractivity contribution in [3.8, 4) is 22.3 Å². The molecule has 1 atom stereocenters. The maximum Gasteiger partial charge on any atom is 0.492 e. The van der Waals surface area contributed by atoms with Crippen LogP contribution in [0.4, 0.5) is 23.5 Å². The van der Waals surface area contributed by atoms with Gasteiger partial charge in [0.15, 0.2) is 0 Å². The summed E-state index contributed by atoms with van der Waals surface area (Å²) >= 11 is 0. The minimum atomic E-state index is -5.54. The number of piperidine rings is 1. The van der Waals surface area contributed by atoms with E-state index in [-0.39, 0.29) is 52.1 Å². The number of rotatable bonds is 6. The number of amides is 1. The number of carbonyl (C=O) groups is 2. The monoisotopic (exact) mass is 553 g/mol. The van der Waals surface area contributed by atoms with E-state index in [1.165, 1.54) is 42.7 Å². The Bertz CT molecular complexity index is 1480. The minimum Gasteiger partial charge on any atom is -0.368 e. The zero-order valence-electron chi connectivity index (χ0n) is 19.3. The summed E-state index contributed by atoms with van der Waals surface area (Å²) < 4.78 is 81.1. The Kier molecular flexibility index (Phi) is 7.33. The van der Waals surface area contributed by atoms with Gasteiger partial charge < -0.3 is 15.9 Å². The number of nitrogen functional groups attached to an aromatic ring is 1. The lowest BCUT2D eigenvalue weighted by atomic mass is 10.0. The average molecular weight is 553 g/mol. The van der Waals surface area contributed by atoms with Crippen molar-refractivity contribution in [3.63, 3.8) is 0 Å². The van der Waals surface area contributed by atoms with Gasteiger partial charge in [-0.15, -0.1) is 0 Å². The van der Waals surface area contributed by atoms with Crippen LogP contribution < -0.4 is 11.1 Å². The van der Waals surface area contributed by atoms with Crippen LogP contribution in [0, 0.1) is 5.82 Å². The molecule has 1 saturated heterocycles. The maximum atomic E-state index is 15.1. The first-order valence-corrected chi connectivity index (χ1v) is 12.4. The van der Waals surface area contributed by atoms with E-state index in [0.29, 0.717) is 0 Å². The van der Waals surface area contributed by atoms with Gasteiger partial charge in [-0.3, -0.25) is 4.79 Å². The summed E-state index contributed by atoms with van der Waals surface area (Å²) in [6.45, 7) is 0.164. The highest BCUT2D eigenvalue weighted by molar-refractivity contribution is 7.89. The summed E-state index contributed by atoms with van der Waals surface area (Å²) in [5.41, 5.74) is 5.74. The van der Waals surface area contributed by atoms with Crippen LogP contribution in [0.3, 0.4) is 0 Å². The van der Waals surface area contributed by atoms with Gasteiger partial charge in [-0.05, 0) is 35.0 Å². The van der Waals surface area contributed by atoms with E-state index in [9.17, 15) is 31.2 Å². The van der Waals surface area contributed by atoms with Crippen LogP contribution in [0.15, 0.2) is 59.8 Å². The topological polar surface area (TPSA) is 145 Å². The third-order valence-corrected chi connectivity index (χ3v) is 7.29. The normalized spacial score (nSPS) is 16.2. The lowest BCUT2D eigenvalue weighted by molar-refractivity contribution is -0.227. The van der Waals surface area contributed by atoms with E-state index < -0.39 is 44.8 Å². The molecular weight excluding hydrogens is 534 g/mol. The molecule has 4 rings (SSSR count). The van der Waals surface area contributed by atoms with Gasteiger partial charge in [-0.25, -0.2) is 27.6 Å². The fourth-order valence-corrected chi connectivity index (χ4v) is 5.40. The zero-order chi connectivity index (χ0) is 27.7. The van der Waals surface area contributed by atoms with E-state index in [0.717, 1.165) is 12.1 Å². The Labute approximate surface area is 213 Å². The molecule has 15 heteroatoms. The molecule has 0 aliphatic carbocycles. The summed E-state index contributed by atoms with van der Waals surface area (Å²) in [6, 6.07) is 7.00. The smallest absolute Gasteiger partial charge is 0.368 e. The second kappa shape index (κ2) is 10.3. The molecule has 2 heterocycles. The number of hydroxylamine groups is 1. The molecule has 0 saturated carbocycles. The van der Waals surface area contributed by atoms with Gasteiger partial charge in [0.2, 0.25) is 11.9 Å². The Morgan fingerprint density at radius 2 is 1.76 bits per heavy atom. The van der Waals surface area contributed by atoms with Crippen molar-refractivity contribution in [1.82, 2.24) is 19.8 Å². The molecule has 10 nitrogen and oxygen atoms in total. The van der Waals surface area contributed by atoms with E-state index in [4.69, 9.17) is 5.73 Å². The fraction of sp³-hybridized carbons (Fsp3) is 0.217. The molecule has 2 aromatic carbocycles. The number of nitrogens with one attached hydrogen (secondary N) is 1. The molecule has 1 aliphatic rings. The molecule has 0 unspecified atom stereocenters. The van der Waals surface area contributed by atoms with Gasteiger partial charge in [0.05, 0.1) is 4.90 Å². The van der Waals surface area contributed by atoms with Crippen molar-refractivity contribution in [2.45, 2.75) is 30.0 Å². The fourth-order valence-electron chi connectivity index (χ4n) is 3.79. The first-order valence-electron chi connectivity index (χ1n) is 11.0. The van der Waals surface area contributed by atoms with Crippen LogP contribution in [-0.4, -0.2) is 53.5 Å². The Morgan fingerprint density at radius 3 is 2.39 bits per heavy atom. The summed E-state index contributed by atoms with van der Waals surface area (Å²) in [7, 11) is -5.07. The molecule has 3 N–H and O–H groups in total. The van der Waals surface area contributed by atoms with E-state index in [1.54, 1.807) is 0 Å². The van der Waals surface area contributed by atoms with Gasteiger partial charge >= 0.3 is 12.1 Å². The number of benzene rings is 2. The summed E-state index contributed by atoms with van der Waals surface area (Å²) in [4.78, 5) is 35.3. The predicted octanol–water partition coefficient (Wildman–Crippen LogP) is 2.82. The minimum absolute atomic E-state index is 0.0210. The summed E-state index contributed by atoms with van der Waals surface area (Å²) in [6.07, 6.45) is -2.94. The highest BCUT2D eigenvalue weighted by Gasteiger charge is 2.48. The second-order valence-corrected chi connectivity index (χ2v) is 9.86. The SMILES string of the molecule is Nc1ncc(-c2ccc(-c3ccccc3S(=O)(=O)N(OC(=O)C(F)(F)F)[C@@H]3CCCNC3=O)cc2F)cn1. The third kappa shape index (κ3) is 5.43. The number of nitrogens with two attached hydrogens (primary N) is 1. The molecule has 1 fully saturated rings. The molecule has 1 amide bonds. The van der Waals surface area contributed by atoms with E-state index in [1.807, 2.05) is 0 Å². The molecule has 0 radical (unpaired) electrons. The molecule has 0 spiro atoms. The number of nitrogens with zero attached hydrogens (tertiary/aromatic N) is 3. The van der Waals surface area contributed by atoms with Crippen LogP contribution in [-0.2, 0) is 24.4 Å². The number of hydrogen-bond donors (Lipinski definition) is 2. The van der Waals surface area contributed by atoms with Gasteiger partial charge in [-0.1, -0.05) is 30.3 Å². The highest BCUT2D eigenvalue weighted by Crippen LogP contribution is 2.34. The number of hydrogen-bond acceptors (Lipinski definition) is 8. The van der Waals surface area contributed by atoms with Gasteiger partial charge in [0.1, 0.15) is 11.9 Å².